The summed E-state index contributed by atoms with van der Waals surface area (Å²) in [5.74, 6) is 2.24. The highest BCUT2D eigenvalue weighted by Gasteiger charge is 2.46. The summed E-state index contributed by atoms with van der Waals surface area (Å²) in [7, 11) is 0. The molecule has 1 fully saturated rings. The van der Waals surface area contributed by atoms with Crippen LogP contribution < -0.4 is 20.1 Å². The molecule has 25 heavy (non-hydrogen) atoms. The highest BCUT2D eigenvalue weighted by molar-refractivity contribution is 5.89. The fourth-order valence-electron chi connectivity index (χ4n) is 2.93. The Labute approximate surface area is 145 Å². The molecule has 4 rings (SSSR count). The van der Waals surface area contributed by atoms with E-state index in [0.717, 1.165) is 42.1 Å². The Morgan fingerprint density at radius 3 is 2.56 bits per heavy atom. The van der Waals surface area contributed by atoms with Gasteiger partial charge in [0.05, 0.1) is 23.6 Å². The van der Waals surface area contributed by atoms with Crippen LogP contribution in [0.1, 0.15) is 31.2 Å². The summed E-state index contributed by atoms with van der Waals surface area (Å²) in [5, 5.41) is 5.86. The number of nitrogens with one attached hydrogen (secondary N) is 2. The number of aromatic nitrogens is 2. The number of hydrogen-bond donors (Lipinski definition) is 2. The van der Waals surface area contributed by atoms with Crippen LogP contribution in [-0.4, -0.2) is 29.2 Å². The SMILES string of the molecule is CCc1ncc(NC(=O)NC2(c3ccc4c(c3)OCCO4)CC2)cn1. The molecule has 7 heteroatoms. The number of fused-ring (bicyclic) bond motifs is 1. The van der Waals surface area contributed by atoms with Crippen LogP contribution in [0.4, 0.5) is 10.5 Å². The van der Waals surface area contributed by atoms with Gasteiger partial charge in [0.25, 0.3) is 0 Å². The van der Waals surface area contributed by atoms with Crippen molar-refractivity contribution in [2.45, 2.75) is 31.7 Å². The highest BCUT2D eigenvalue weighted by atomic mass is 16.6. The first kappa shape index (κ1) is 15.7. The van der Waals surface area contributed by atoms with Gasteiger partial charge in [0, 0.05) is 6.42 Å². The highest BCUT2D eigenvalue weighted by Crippen LogP contribution is 2.47. The van der Waals surface area contributed by atoms with Gasteiger partial charge < -0.3 is 20.1 Å². The molecule has 2 heterocycles. The van der Waals surface area contributed by atoms with Gasteiger partial charge in [-0.15, -0.1) is 0 Å². The maximum atomic E-state index is 12.4. The zero-order valence-corrected chi connectivity index (χ0v) is 14.0. The summed E-state index contributed by atoms with van der Waals surface area (Å²) in [5.41, 5.74) is 1.27. The van der Waals surface area contributed by atoms with Crippen LogP contribution in [0, 0.1) is 0 Å². The molecule has 2 amide bonds. The van der Waals surface area contributed by atoms with Crippen molar-refractivity contribution in [3.8, 4) is 11.5 Å². The quantitative estimate of drug-likeness (QED) is 0.894. The molecule has 0 radical (unpaired) electrons. The van der Waals surface area contributed by atoms with Gasteiger partial charge in [-0.3, -0.25) is 0 Å². The van der Waals surface area contributed by atoms with Gasteiger partial charge in [-0.2, -0.15) is 0 Å². The van der Waals surface area contributed by atoms with E-state index in [1.165, 1.54) is 0 Å². The molecular weight excluding hydrogens is 320 g/mol. The summed E-state index contributed by atoms with van der Waals surface area (Å²) < 4.78 is 11.2. The molecule has 130 valence electrons. The second-order valence-corrected chi connectivity index (χ2v) is 6.26. The number of anilines is 1. The molecule has 0 spiro atoms. The minimum atomic E-state index is -0.343. The van der Waals surface area contributed by atoms with Gasteiger partial charge in [0.15, 0.2) is 11.5 Å². The van der Waals surface area contributed by atoms with E-state index in [9.17, 15) is 4.79 Å². The normalized spacial score (nSPS) is 16.8. The van der Waals surface area contributed by atoms with Crippen LogP contribution in [0.3, 0.4) is 0 Å². The smallest absolute Gasteiger partial charge is 0.320 e. The lowest BCUT2D eigenvalue weighted by Gasteiger charge is -2.22. The van der Waals surface area contributed by atoms with Crippen molar-refractivity contribution in [1.82, 2.24) is 15.3 Å². The lowest BCUT2D eigenvalue weighted by molar-refractivity contribution is 0.171. The van der Waals surface area contributed by atoms with Crippen LogP contribution in [0.2, 0.25) is 0 Å². The summed E-state index contributed by atoms with van der Waals surface area (Å²) in [4.78, 5) is 20.7. The predicted molar refractivity (Wildman–Crippen MR) is 91.9 cm³/mol. The van der Waals surface area contributed by atoms with Crippen molar-refractivity contribution in [3.05, 3.63) is 42.0 Å². The van der Waals surface area contributed by atoms with Crippen molar-refractivity contribution in [2.24, 2.45) is 0 Å². The Kier molecular flexibility index (Phi) is 3.91. The Balaban J connectivity index is 1.45. The zero-order chi connectivity index (χ0) is 17.3. The Bertz CT molecular complexity index is 787. The summed E-state index contributed by atoms with van der Waals surface area (Å²) in [6.07, 6.45) is 5.79. The molecule has 1 saturated carbocycles. The number of ether oxygens (including phenoxy) is 2. The molecule has 0 bridgehead atoms. The van der Waals surface area contributed by atoms with Crippen LogP contribution in [0.15, 0.2) is 30.6 Å². The monoisotopic (exact) mass is 340 g/mol. The Morgan fingerprint density at radius 2 is 1.88 bits per heavy atom. The lowest BCUT2D eigenvalue weighted by Crippen LogP contribution is -2.38. The Morgan fingerprint density at radius 1 is 1.16 bits per heavy atom. The van der Waals surface area contributed by atoms with Crippen molar-refractivity contribution in [2.75, 3.05) is 18.5 Å². The first-order valence-electron chi connectivity index (χ1n) is 8.49. The average molecular weight is 340 g/mol. The zero-order valence-electron chi connectivity index (χ0n) is 14.0. The molecule has 0 atom stereocenters. The van der Waals surface area contributed by atoms with Crippen LogP contribution in [0.25, 0.3) is 0 Å². The molecule has 7 nitrogen and oxygen atoms in total. The van der Waals surface area contributed by atoms with E-state index in [4.69, 9.17) is 9.47 Å². The molecule has 1 aromatic carbocycles. The van der Waals surface area contributed by atoms with Crippen LogP contribution in [-0.2, 0) is 12.0 Å². The van der Waals surface area contributed by atoms with Gasteiger partial charge in [-0.1, -0.05) is 13.0 Å². The van der Waals surface area contributed by atoms with E-state index in [2.05, 4.69) is 20.6 Å². The summed E-state index contributed by atoms with van der Waals surface area (Å²) in [6, 6.07) is 5.59. The first-order valence-corrected chi connectivity index (χ1v) is 8.49. The topological polar surface area (TPSA) is 85.4 Å². The van der Waals surface area contributed by atoms with Crippen molar-refractivity contribution in [1.29, 1.82) is 0 Å². The minimum absolute atomic E-state index is 0.264. The van der Waals surface area contributed by atoms with Gasteiger partial charge >= 0.3 is 6.03 Å². The van der Waals surface area contributed by atoms with Crippen molar-refractivity contribution in [3.63, 3.8) is 0 Å². The van der Waals surface area contributed by atoms with E-state index in [-0.39, 0.29) is 11.6 Å². The largest absolute Gasteiger partial charge is 0.486 e. The number of rotatable bonds is 4. The second kappa shape index (κ2) is 6.23. The van der Waals surface area contributed by atoms with E-state index >= 15 is 0 Å². The van der Waals surface area contributed by atoms with E-state index in [1.54, 1.807) is 12.4 Å². The fraction of sp³-hybridized carbons (Fsp3) is 0.389. The number of amides is 2. The third-order valence-electron chi connectivity index (χ3n) is 4.48. The lowest BCUT2D eigenvalue weighted by atomic mass is 10.0. The molecule has 2 N–H and O–H groups in total. The van der Waals surface area contributed by atoms with Crippen molar-refractivity contribution < 1.29 is 14.3 Å². The summed E-state index contributed by atoms with van der Waals surface area (Å²) >= 11 is 0. The van der Waals surface area contributed by atoms with E-state index in [0.29, 0.717) is 18.9 Å². The maximum Gasteiger partial charge on any atom is 0.320 e. The number of aryl methyl sites for hydroxylation is 1. The molecule has 0 unspecified atom stereocenters. The third-order valence-corrected chi connectivity index (χ3v) is 4.48. The van der Waals surface area contributed by atoms with E-state index < -0.39 is 0 Å². The molecule has 2 aromatic rings. The van der Waals surface area contributed by atoms with Gasteiger partial charge in [-0.05, 0) is 30.5 Å². The number of benzene rings is 1. The maximum absolute atomic E-state index is 12.4. The van der Waals surface area contributed by atoms with Gasteiger partial charge in [0.2, 0.25) is 0 Å². The standard InChI is InChI=1S/C18H20N4O3/c1-2-16-19-10-13(11-20-16)21-17(23)22-18(5-6-18)12-3-4-14-15(9-12)25-8-7-24-14/h3-4,9-11H,2,5-8H2,1H3,(H2,21,22,23). The van der Waals surface area contributed by atoms with E-state index in [1.807, 2.05) is 25.1 Å². The number of nitrogens with zero attached hydrogens (tertiary/aromatic N) is 2. The predicted octanol–water partition coefficient (Wildman–Crippen LogP) is 2.62. The van der Waals surface area contributed by atoms with Gasteiger partial charge in [-0.25, -0.2) is 14.8 Å². The van der Waals surface area contributed by atoms with Crippen LogP contribution >= 0.6 is 0 Å². The first-order chi connectivity index (χ1) is 12.2. The fourth-order valence-corrected chi connectivity index (χ4v) is 2.93. The molecule has 1 aliphatic carbocycles. The summed E-state index contributed by atoms with van der Waals surface area (Å²) in [6.45, 7) is 3.10. The number of urea groups is 1. The Hall–Kier alpha value is -2.83. The second-order valence-electron chi connectivity index (χ2n) is 6.26. The molecule has 1 aromatic heterocycles. The average Bonchev–Trinajstić information content (AvgIpc) is 3.42. The molecule has 1 aliphatic heterocycles. The third kappa shape index (κ3) is 3.22. The molecule has 0 saturated heterocycles. The molecule has 2 aliphatic rings. The van der Waals surface area contributed by atoms with Crippen molar-refractivity contribution >= 4 is 11.7 Å². The van der Waals surface area contributed by atoms with Gasteiger partial charge in [0.1, 0.15) is 19.0 Å². The molecular formula is C18H20N4O3. The van der Waals surface area contributed by atoms with Crippen LogP contribution in [0.5, 0.6) is 11.5 Å². The minimum Gasteiger partial charge on any atom is -0.486 e. The number of hydrogen-bond acceptors (Lipinski definition) is 5. The number of carbonyl (C=O) groups is 1. The number of carbonyl (C=O) groups excluding carboxylic acids is 1.